The Labute approximate surface area is 180 Å². The number of aromatic nitrogens is 2. The van der Waals surface area contributed by atoms with Gasteiger partial charge in [0.25, 0.3) is 17.4 Å². The number of nitrogens with one attached hydrogen (secondary N) is 2. The van der Waals surface area contributed by atoms with Crippen molar-refractivity contribution in [3.05, 3.63) is 86.7 Å². The Morgan fingerprint density at radius 2 is 1.68 bits per heavy atom. The van der Waals surface area contributed by atoms with E-state index in [2.05, 4.69) is 41.9 Å². The highest BCUT2D eigenvalue weighted by Gasteiger charge is 2.19. The van der Waals surface area contributed by atoms with Crippen LogP contribution in [0.4, 0.5) is 0 Å². The van der Waals surface area contributed by atoms with Crippen molar-refractivity contribution in [3.63, 3.8) is 0 Å². The molecule has 31 heavy (non-hydrogen) atoms. The van der Waals surface area contributed by atoms with Gasteiger partial charge in [-0.05, 0) is 73.6 Å². The monoisotopic (exact) mass is 416 g/mol. The molecule has 3 aromatic rings. The summed E-state index contributed by atoms with van der Waals surface area (Å²) < 4.78 is 1.15. The number of fused-ring (bicyclic) bond motifs is 3. The lowest BCUT2D eigenvalue weighted by Crippen LogP contribution is -2.44. The maximum atomic E-state index is 12.6. The second kappa shape index (κ2) is 8.55. The second-order valence-corrected chi connectivity index (χ2v) is 7.83. The molecule has 1 aliphatic carbocycles. The Hall–Kier alpha value is -3.74. The molecule has 1 aliphatic rings. The summed E-state index contributed by atoms with van der Waals surface area (Å²) in [5.74, 6) is -0.969. The minimum atomic E-state index is -0.534. The fourth-order valence-electron chi connectivity index (χ4n) is 3.79. The Bertz CT molecular complexity index is 1220. The zero-order valence-electron chi connectivity index (χ0n) is 17.6. The van der Waals surface area contributed by atoms with Crippen LogP contribution in [0.3, 0.4) is 0 Å². The molecule has 0 unspecified atom stereocenters. The number of hydrogen-bond acceptors (Lipinski definition) is 4. The lowest BCUT2D eigenvalue weighted by atomic mass is 9.96. The van der Waals surface area contributed by atoms with Gasteiger partial charge in [-0.2, -0.15) is 5.10 Å². The molecule has 0 spiro atoms. The number of hydrazine groups is 1. The third kappa shape index (κ3) is 4.40. The van der Waals surface area contributed by atoms with E-state index in [4.69, 9.17) is 0 Å². The molecule has 0 aliphatic heterocycles. The first-order valence-electron chi connectivity index (χ1n) is 10.3. The first kappa shape index (κ1) is 20.5. The van der Waals surface area contributed by atoms with Crippen LogP contribution in [0, 0.1) is 13.8 Å². The van der Waals surface area contributed by atoms with Gasteiger partial charge in [-0.15, -0.1) is 0 Å². The summed E-state index contributed by atoms with van der Waals surface area (Å²) in [7, 11) is 0. The number of aryl methyl sites for hydroxylation is 4. The fourth-order valence-corrected chi connectivity index (χ4v) is 3.79. The van der Waals surface area contributed by atoms with Crippen molar-refractivity contribution in [2.45, 2.75) is 39.7 Å². The van der Waals surface area contributed by atoms with Crippen molar-refractivity contribution >= 4 is 11.8 Å². The lowest BCUT2D eigenvalue weighted by molar-refractivity contribution is -0.122. The van der Waals surface area contributed by atoms with Gasteiger partial charge in [0.2, 0.25) is 0 Å². The number of carbonyl (C=O) groups excluding carboxylic acids is 2. The van der Waals surface area contributed by atoms with Crippen molar-refractivity contribution in [1.82, 2.24) is 20.6 Å². The van der Waals surface area contributed by atoms with Crippen LogP contribution < -0.4 is 16.4 Å². The van der Waals surface area contributed by atoms with E-state index in [1.165, 1.54) is 11.1 Å². The van der Waals surface area contributed by atoms with Crippen molar-refractivity contribution < 1.29 is 9.59 Å². The second-order valence-electron chi connectivity index (χ2n) is 7.83. The summed E-state index contributed by atoms with van der Waals surface area (Å²) in [6, 6.07) is 14.4. The maximum Gasteiger partial charge on any atom is 0.269 e. The average molecular weight is 416 g/mol. The summed E-state index contributed by atoms with van der Waals surface area (Å²) in [5.41, 5.74) is 11.0. The Morgan fingerprint density at radius 1 is 0.968 bits per heavy atom. The van der Waals surface area contributed by atoms with Crippen molar-refractivity contribution in [2.75, 3.05) is 0 Å². The lowest BCUT2D eigenvalue weighted by Gasteiger charge is -2.14. The number of rotatable bonds is 3. The summed E-state index contributed by atoms with van der Waals surface area (Å²) in [6.07, 6.45) is 2.64. The summed E-state index contributed by atoms with van der Waals surface area (Å²) >= 11 is 0. The van der Waals surface area contributed by atoms with Crippen LogP contribution in [0.15, 0.2) is 53.3 Å². The molecule has 0 bridgehead atoms. The molecule has 1 heterocycles. The molecule has 1 aromatic heterocycles. The maximum absolute atomic E-state index is 12.6. The summed E-state index contributed by atoms with van der Waals surface area (Å²) in [6.45, 7) is 3.85. The fraction of sp³-hybridized carbons (Fsp3) is 0.250. The van der Waals surface area contributed by atoms with Crippen LogP contribution in [0.5, 0.6) is 0 Å². The van der Waals surface area contributed by atoms with Gasteiger partial charge in [-0.25, -0.2) is 4.68 Å². The predicted octanol–water partition coefficient (Wildman–Crippen LogP) is 2.48. The van der Waals surface area contributed by atoms with Gasteiger partial charge in [0.15, 0.2) is 0 Å². The van der Waals surface area contributed by atoms with Crippen molar-refractivity contribution in [2.24, 2.45) is 0 Å². The minimum Gasteiger partial charge on any atom is -0.271 e. The van der Waals surface area contributed by atoms with Gasteiger partial charge in [0, 0.05) is 17.2 Å². The van der Waals surface area contributed by atoms with Gasteiger partial charge >= 0.3 is 0 Å². The Morgan fingerprint density at radius 3 is 2.45 bits per heavy atom. The highest BCUT2D eigenvalue weighted by atomic mass is 16.2. The molecule has 4 rings (SSSR count). The van der Waals surface area contributed by atoms with E-state index in [-0.39, 0.29) is 12.1 Å². The van der Waals surface area contributed by atoms with Gasteiger partial charge in [-0.1, -0.05) is 24.3 Å². The van der Waals surface area contributed by atoms with E-state index >= 15 is 0 Å². The molecule has 2 aromatic carbocycles. The molecule has 2 amide bonds. The topological polar surface area (TPSA) is 93.1 Å². The number of carbonyl (C=O) groups is 2. The molecule has 7 nitrogen and oxygen atoms in total. The largest absolute Gasteiger partial charge is 0.271 e. The standard InChI is InChI=1S/C24H24N4O3/c1-15-11-18-9-6-10-19-13-22(30)28(27-23(19)20(18)12-16(15)2)14-21(29)25-26-24(31)17-7-4-3-5-8-17/h3-5,7-8,11-13H,6,9-10,14H2,1-2H3,(H,25,29)(H,26,31). The molecule has 0 saturated heterocycles. The predicted molar refractivity (Wildman–Crippen MR) is 117 cm³/mol. The van der Waals surface area contributed by atoms with E-state index in [9.17, 15) is 14.4 Å². The third-order valence-electron chi connectivity index (χ3n) is 5.59. The molecule has 2 N–H and O–H groups in total. The van der Waals surface area contributed by atoms with Gasteiger partial charge in [0.1, 0.15) is 6.54 Å². The third-order valence-corrected chi connectivity index (χ3v) is 5.59. The van der Waals surface area contributed by atoms with E-state index < -0.39 is 11.8 Å². The highest BCUT2D eigenvalue weighted by Crippen LogP contribution is 2.32. The molecule has 158 valence electrons. The molecular formula is C24H24N4O3. The van der Waals surface area contributed by atoms with E-state index in [0.717, 1.165) is 46.3 Å². The van der Waals surface area contributed by atoms with Crippen LogP contribution in [0.2, 0.25) is 0 Å². The van der Waals surface area contributed by atoms with E-state index in [1.54, 1.807) is 36.4 Å². The zero-order chi connectivity index (χ0) is 22.0. The zero-order valence-corrected chi connectivity index (χ0v) is 17.6. The number of amides is 2. The molecule has 0 radical (unpaired) electrons. The van der Waals surface area contributed by atoms with Crippen molar-refractivity contribution in [3.8, 4) is 11.3 Å². The van der Waals surface area contributed by atoms with E-state index in [0.29, 0.717) is 5.56 Å². The van der Waals surface area contributed by atoms with E-state index in [1.807, 2.05) is 0 Å². The first-order valence-corrected chi connectivity index (χ1v) is 10.3. The van der Waals surface area contributed by atoms with Crippen LogP contribution in [-0.4, -0.2) is 21.6 Å². The summed E-state index contributed by atoms with van der Waals surface area (Å²) in [5, 5.41) is 4.54. The van der Waals surface area contributed by atoms with Gasteiger partial charge in [0.05, 0.1) is 5.69 Å². The number of nitrogens with zero attached hydrogens (tertiary/aromatic N) is 2. The molecule has 7 heteroatoms. The number of hydrogen-bond donors (Lipinski definition) is 2. The van der Waals surface area contributed by atoms with Crippen LogP contribution in [0.1, 0.15) is 39.0 Å². The SMILES string of the molecule is Cc1cc2c(cc1C)-c1nn(CC(=O)NNC(=O)c3ccccc3)c(=O)cc1CCC2. The molecule has 0 fully saturated rings. The molecular weight excluding hydrogens is 392 g/mol. The van der Waals surface area contributed by atoms with Crippen LogP contribution in [0.25, 0.3) is 11.3 Å². The number of benzene rings is 2. The molecule has 0 saturated carbocycles. The minimum absolute atomic E-state index is 0.290. The Kier molecular flexibility index (Phi) is 5.66. The quantitative estimate of drug-likeness (QED) is 0.642. The van der Waals surface area contributed by atoms with Crippen molar-refractivity contribution in [1.29, 1.82) is 0 Å². The smallest absolute Gasteiger partial charge is 0.269 e. The average Bonchev–Trinajstić information content (AvgIpc) is 2.92. The van der Waals surface area contributed by atoms with Crippen LogP contribution in [-0.2, 0) is 24.2 Å². The van der Waals surface area contributed by atoms with Gasteiger partial charge < -0.3 is 0 Å². The first-order chi connectivity index (χ1) is 14.9. The normalized spacial score (nSPS) is 12.3. The Balaban J connectivity index is 1.56. The molecule has 0 atom stereocenters. The van der Waals surface area contributed by atoms with Crippen LogP contribution >= 0.6 is 0 Å². The highest BCUT2D eigenvalue weighted by molar-refractivity contribution is 5.95. The summed E-state index contributed by atoms with van der Waals surface area (Å²) in [4.78, 5) is 37.0. The van der Waals surface area contributed by atoms with Gasteiger partial charge in [-0.3, -0.25) is 25.2 Å².